The summed E-state index contributed by atoms with van der Waals surface area (Å²) in [6.07, 6.45) is 0. The SMILES string of the molecule is Cc1ccc(N(C)c2ccccc2C#N)cc1. The second-order valence-electron chi connectivity index (χ2n) is 4.02. The Morgan fingerprint density at radius 3 is 2.29 bits per heavy atom. The highest BCUT2D eigenvalue weighted by atomic mass is 15.1. The summed E-state index contributed by atoms with van der Waals surface area (Å²) in [5.74, 6) is 0. The van der Waals surface area contributed by atoms with Crippen LogP contribution in [0.4, 0.5) is 11.4 Å². The van der Waals surface area contributed by atoms with Crippen molar-refractivity contribution >= 4 is 11.4 Å². The zero-order chi connectivity index (χ0) is 12.3. The Morgan fingerprint density at radius 1 is 1.00 bits per heavy atom. The molecule has 0 heterocycles. The van der Waals surface area contributed by atoms with Crippen molar-refractivity contribution in [1.82, 2.24) is 0 Å². The fourth-order valence-electron chi connectivity index (χ4n) is 1.77. The molecule has 2 aromatic rings. The normalized spacial score (nSPS) is 9.71. The molecule has 0 radical (unpaired) electrons. The van der Waals surface area contributed by atoms with Gasteiger partial charge in [-0.2, -0.15) is 5.26 Å². The summed E-state index contributed by atoms with van der Waals surface area (Å²) in [4.78, 5) is 2.03. The molecular formula is C15H14N2. The number of rotatable bonds is 2. The number of anilines is 2. The van der Waals surface area contributed by atoms with Gasteiger partial charge in [0, 0.05) is 12.7 Å². The summed E-state index contributed by atoms with van der Waals surface area (Å²) in [5.41, 5.74) is 3.93. The highest BCUT2D eigenvalue weighted by Crippen LogP contribution is 2.26. The number of nitrogens with zero attached hydrogens (tertiary/aromatic N) is 2. The van der Waals surface area contributed by atoms with Gasteiger partial charge in [-0.3, -0.25) is 0 Å². The molecule has 2 aromatic carbocycles. The van der Waals surface area contributed by atoms with E-state index < -0.39 is 0 Å². The van der Waals surface area contributed by atoms with Crippen LogP contribution in [0.15, 0.2) is 48.5 Å². The fraction of sp³-hybridized carbons (Fsp3) is 0.133. The highest BCUT2D eigenvalue weighted by Gasteiger charge is 2.07. The van der Waals surface area contributed by atoms with E-state index in [2.05, 4.69) is 37.3 Å². The molecule has 2 heteroatoms. The minimum Gasteiger partial charge on any atom is -0.344 e. The van der Waals surface area contributed by atoms with Gasteiger partial charge in [0.15, 0.2) is 0 Å². The van der Waals surface area contributed by atoms with Crippen molar-refractivity contribution in [3.8, 4) is 6.07 Å². The van der Waals surface area contributed by atoms with E-state index in [0.717, 1.165) is 11.4 Å². The lowest BCUT2D eigenvalue weighted by Crippen LogP contribution is -2.10. The van der Waals surface area contributed by atoms with Gasteiger partial charge in [0.25, 0.3) is 0 Å². The van der Waals surface area contributed by atoms with Crippen LogP contribution in [0.25, 0.3) is 0 Å². The summed E-state index contributed by atoms with van der Waals surface area (Å²) in [6.45, 7) is 2.06. The Hall–Kier alpha value is -2.27. The molecule has 0 unspecified atom stereocenters. The van der Waals surface area contributed by atoms with E-state index >= 15 is 0 Å². The van der Waals surface area contributed by atoms with E-state index in [1.54, 1.807) is 0 Å². The van der Waals surface area contributed by atoms with Gasteiger partial charge in [-0.1, -0.05) is 29.8 Å². The third-order valence-electron chi connectivity index (χ3n) is 2.81. The molecule has 0 N–H and O–H groups in total. The van der Waals surface area contributed by atoms with Crippen molar-refractivity contribution < 1.29 is 0 Å². The van der Waals surface area contributed by atoms with E-state index in [0.29, 0.717) is 5.56 Å². The zero-order valence-electron chi connectivity index (χ0n) is 10.0. The van der Waals surface area contributed by atoms with E-state index in [9.17, 15) is 0 Å². The molecule has 17 heavy (non-hydrogen) atoms. The third kappa shape index (κ3) is 2.29. The predicted molar refractivity (Wildman–Crippen MR) is 70.4 cm³/mol. The third-order valence-corrected chi connectivity index (χ3v) is 2.81. The molecule has 0 bridgehead atoms. The van der Waals surface area contributed by atoms with Gasteiger partial charge in [0.05, 0.1) is 11.3 Å². The van der Waals surface area contributed by atoms with E-state index in [1.807, 2.05) is 36.2 Å². The van der Waals surface area contributed by atoms with Crippen LogP contribution in [-0.2, 0) is 0 Å². The topological polar surface area (TPSA) is 27.0 Å². The predicted octanol–water partition coefficient (Wildman–Crippen LogP) is 3.63. The van der Waals surface area contributed by atoms with Crippen LogP contribution in [0, 0.1) is 18.3 Å². The Kier molecular flexibility index (Phi) is 3.11. The van der Waals surface area contributed by atoms with Gasteiger partial charge < -0.3 is 4.90 Å². The second-order valence-corrected chi connectivity index (χ2v) is 4.02. The van der Waals surface area contributed by atoms with E-state index in [-0.39, 0.29) is 0 Å². The van der Waals surface area contributed by atoms with Crippen LogP contribution in [0.1, 0.15) is 11.1 Å². The first-order chi connectivity index (χ1) is 8.22. The Labute approximate surface area is 102 Å². The average Bonchev–Trinajstić information content (AvgIpc) is 2.39. The van der Waals surface area contributed by atoms with Gasteiger partial charge in [-0.25, -0.2) is 0 Å². The molecule has 2 rings (SSSR count). The lowest BCUT2D eigenvalue weighted by molar-refractivity contribution is 1.20. The molecule has 0 amide bonds. The molecule has 0 aromatic heterocycles. The largest absolute Gasteiger partial charge is 0.344 e. The van der Waals surface area contributed by atoms with Crippen LogP contribution in [-0.4, -0.2) is 7.05 Å². The second kappa shape index (κ2) is 4.71. The number of hydrogen-bond donors (Lipinski definition) is 0. The summed E-state index contributed by atoms with van der Waals surface area (Å²) in [5, 5.41) is 9.08. The van der Waals surface area contributed by atoms with Gasteiger partial charge in [0.1, 0.15) is 6.07 Å². The van der Waals surface area contributed by atoms with Gasteiger partial charge in [-0.15, -0.1) is 0 Å². The molecule has 0 saturated heterocycles. The maximum absolute atomic E-state index is 9.08. The molecule has 2 nitrogen and oxygen atoms in total. The minimum atomic E-state index is 0.690. The standard InChI is InChI=1S/C15H14N2/c1-12-7-9-14(10-8-12)17(2)15-6-4-3-5-13(15)11-16/h3-10H,1-2H3. The molecule has 0 saturated carbocycles. The smallest absolute Gasteiger partial charge is 0.101 e. The van der Waals surface area contributed by atoms with Crippen LogP contribution in [0.2, 0.25) is 0 Å². The molecular weight excluding hydrogens is 208 g/mol. The van der Waals surface area contributed by atoms with Crippen molar-refractivity contribution in [1.29, 1.82) is 5.26 Å². The van der Waals surface area contributed by atoms with E-state index in [4.69, 9.17) is 5.26 Å². The monoisotopic (exact) mass is 222 g/mol. The zero-order valence-corrected chi connectivity index (χ0v) is 10.0. The number of nitriles is 1. The van der Waals surface area contributed by atoms with Crippen LogP contribution in [0.5, 0.6) is 0 Å². The molecule has 0 aliphatic heterocycles. The van der Waals surface area contributed by atoms with Crippen LogP contribution in [0.3, 0.4) is 0 Å². The quantitative estimate of drug-likeness (QED) is 0.775. The number of hydrogen-bond acceptors (Lipinski definition) is 2. The molecule has 0 spiro atoms. The molecule has 0 fully saturated rings. The maximum atomic E-state index is 9.08. The lowest BCUT2D eigenvalue weighted by Gasteiger charge is -2.20. The van der Waals surface area contributed by atoms with Gasteiger partial charge in [0.2, 0.25) is 0 Å². The molecule has 84 valence electrons. The summed E-state index contributed by atoms with van der Waals surface area (Å²) in [7, 11) is 1.97. The Balaban J connectivity index is 2.40. The van der Waals surface area contributed by atoms with Crippen molar-refractivity contribution in [2.24, 2.45) is 0 Å². The van der Waals surface area contributed by atoms with Crippen LogP contribution < -0.4 is 4.90 Å². The number of aryl methyl sites for hydroxylation is 1. The van der Waals surface area contributed by atoms with Crippen molar-refractivity contribution in [3.63, 3.8) is 0 Å². The maximum Gasteiger partial charge on any atom is 0.101 e. The van der Waals surface area contributed by atoms with Crippen molar-refractivity contribution in [3.05, 3.63) is 59.7 Å². The van der Waals surface area contributed by atoms with Gasteiger partial charge >= 0.3 is 0 Å². The molecule has 0 aliphatic rings. The van der Waals surface area contributed by atoms with Crippen molar-refractivity contribution in [2.75, 3.05) is 11.9 Å². The fourth-order valence-corrected chi connectivity index (χ4v) is 1.77. The Morgan fingerprint density at radius 2 is 1.65 bits per heavy atom. The summed E-state index contributed by atoms with van der Waals surface area (Å²) < 4.78 is 0. The number of benzene rings is 2. The van der Waals surface area contributed by atoms with Crippen molar-refractivity contribution in [2.45, 2.75) is 6.92 Å². The van der Waals surface area contributed by atoms with E-state index in [1.165, 1.54) is 5.56 Å². The first-order valence-electron chi connectivity index (χ1n) is 5.52. The first kappa shape index (κ1) is 11.2. The minimum absolute atomic E-state index is 0.690. The highest BCUT2D eigenvalue weighted by molar-refractivity contribution is 5.68. The number of para-hydroxylation sites is 1. The summed E-state index contributed by atoms with van der Waals surface area (Å²) >= 11 is 0. The summed E-state index contributed by atoms with van der Waals surface area (Å²) in [6, 6.07) is 18.1. The average molecular weight is 222 g/mol. The van der Waals surface area contributed by atoms with Crippen LogP contribution >= 0.6 is 0 Å². The molecule has 0 aliphatic carbocycles. The van der Waals surface area contributed by atoms with Gasteiger partial charge in [-0.05, 0) is 31.2 Å². The lowest BCUT2D eigenvalue weighted by atomic mass is 10.1. The Bertz CT molecular complexity index is 550. The first-order valence-corrected chi connectivity index (χ1v) is 5.52. The molecule has 0 atom stereocenters.